The van der Waals surface area contributed by atoms with E-state index in [0.29, 0.717) is 17.4 Å². The Bertz CT molecular complexity index is 693. The van der Waals surface area contributed by atoms with Crippen LogP contribution in [0.1, 0.15) is 13.3 Å². The lowest BCUT2D eigenvalue weighted by atomic mass is 10.3. The van der Waals surface area contributed by atoms with Crippen molar-refractivity contribution in [2.24, 2.45) is 0 Å². The molecule has 1 aromatic carbocycles. The molecule has 5 amide bonds. The number of nitrogens with one attached hydrogen (secondary N) is 1. The van der Waals surface area contributed by atoms with Gasteiger partial charge in [-0.2, -0.15) is 0 Å². The number of urea groups is 1. The topological polar surface area (TPSA) is 86.8 Å². The molecule has 2 rings (SSSR count). The zero-order valence-electron chi connectivity index (χ0n) is 12.1. The van der Waals surface area contributed by atoms with E-state index in [2.05, 4.69) is 5.32 Å². The molecule has 0 atom stereocenters. The van der Waals surface area contributed by atoms with Gasteiger partial charge in [-0.15, -0.1) is 0 Å². The minimum atomic E-state index is -1.11. The maximum absolute atomic E-state index is 13.4. The highest BCUT2D eigenvalue weighted by molar-refractivity contribution is 6.45. The van der Waals surface area contributed by atoms with Gasteiger partial charge in [0.1, 0.15) is 18.2 Å². The first-order valence-electron chi connectivity index (χ1n) is 6.77. The van der Waals surface area contributed by atoms with E-state index in [9.17, 15) is 28.0 Å². The minimum Gasteiger partial charge on any atom is -0.322 e. The van der Waals surface area contributed by atoms with Gasteiger partial charge in [0.05, 0.1) is 5.69 Å². The van der Waals surface area contributed by atoms with Crippen LogP contribution in [0.15, 0.2) is 18.2 Å². The van der Waals surface area contributed by atoms with E-state index in [0.717, 1.165) is 17.0 Å². The van der Waals surface area contributed by atoms with Crippen LogP contribution in [-0.2, 0) is 14.4 Å². The van der Waals surface area contributed by atoms with Gasteiger partial charge in [-0.25, -0.2) is 18.5 Å². The van der Waals surface area contributed by atoms with Gasteiger partial charge in [-0.1, -0.05) is 6.92 Å². The van der Waals surface area contributed by atoms with Crippen molar-refractivity contribution in [2.45, 2.75) is 13.3 Å². The summed E-state index contributed by atoms with van der Waals surface area (Å²) in [6, 6.07) is 1.63. The van der Waals surface area contributed by atoms with Crippen LogP contribution in [0.25, 0.3) is 0 Å². The molecule has 0 radical (unpaired) electrons. The quantitative estimate of drug-likeness (QED) is 0.649. The van der Waals surface area contributed by atoms with Crippen LogP contribution < -0.4 is 5.32 Å². The van der Waals surface area contributed by atoms with E-state index >= 15 is 0 Å². The van der Waals surface area contributed by atoms with E-state index in [4.69, 9.17) is 0 Å². The molecular weight excluding hydrogens is 312 g/mol. The highest BCUT2D eigenvalue weighted by atomic mass is 19.1. The molecule has 1 heterocycles. The number of anilines is 1. The van der Waals surface area contributed by atoms with Crippen molar-refractivity contribution in [1.29, 1.82) is 0 Å². The molecule has 0 aliphatic carbocycles. The molecule has 1 aliphatic rings. The smallest absolute Gasteiger partial charge is 0.322 e. The van der Waals surface area contributed by atoms with Crippen molar-refractivity contribution >= 4 is 29.4 Å². The molecule has 122 valence electrons. The third-order valence-corrected chi connectivity index (χ3v) is 3.09. The predicted molar refractivity (Wildman–Crippen MR) is 74.1 cm³/mol. The van der Waals surface area contributed by atoms with Gasteiger partial charge in [-0.3, -0.25) is 19.3 Å². The Hall–Kier alpha value is -2.84. The van der Waals surface area contributed by atoms with Gasteiger partial charge in [-0.05, 0) is 18.6 Å². The van der Waals surface area contributed by atoms with Gasteiger partial charge < -0.3 is 5.32 Å². The number of carbonyl (C=O) groups is 4. The summed E-state index contributed by atoms with van der Waals surface area (Å²) in [5.74, 6) is -4.81. The fraction of sp³-hybridized carbons (Fsp3) is 0.286. The third-order valence-electron chi connectivity index (χ3n) is 3.09. The molecule has 0 spiro atoms. The first kappa shape index (κ1) is 16.5. The standard InChI is InChI=1S/C14H13F2N3O4/c1-2-5-18-12(21)13(22)19(14(18)23)7-11(20)17-10-4-3-8(15)6-9(10)16/h3-4,6H,2,5,7H2,1H3,(H,17,20). The van der Waals surface area contributed by atoms with Crippen LogP contribution in [-0.4, -0.2) is 46.6 Å². The molecule has 0 bridgehead atoms. The van der Waals surface area contributed by atoms with Crippen LogP contribution in [0, 0.1) is 11.6 Å². The van der Waals surface area contributed by atoms with Crippen molar-refractivity contribution < 1.29 is 28.0 Å². The zero-order valence-corrected chi connectivity index (χ0v) is 12.1. The van der Waals surface area contributed by atoms with Gasteiger partial charge in [0, 0.05) is 12.6 Å². The molecule has 1 aromatic rings. The predicted octanol–water partition coefficient (Wildman–Crippen LogP) is 1.10. The van der Waals surface area contributed by atoms with Crippen molar-refractivity contribution in [3.63, 3.8) is 0 Å². The van der Waals surface area contributed by atoms with Crippen LogP contribution >= 0.6 is 0 Å². The SMILES string of the molecule is CCCN1C(=O)C(=O)N(CC(=O)Nc2ccc(F)cc2F)C1=O. The minimum absolute atomic E-state index is 0.0636. The van der Waals surface area contributed by atoms with Crippen LogP contribution in [0.2, 0.25) is 0 Å². The lowest BCUT2D eigenvalue weighted by Crippen LogP contribution is -2.39. The van der Waals surface area contributed by atoms with Crippen LogP contribution in [0.3, 0.4) is 0 Å². The Morgan fingerprint density at radius 1 is 1.13 bits per heavy atom. The molecule has 0 saturated carbocycles. The molecule has 1 aliphatic heterocycles. The average Bonchev–Trinajstić information content (AvgIpc) is 2.68. The Morgan fingerprint density at radius 3 is 2.39 bits per heavy atom. The number of halogens is 2. The number of carbonyl (C=O) groups excluding carboxylic acids is 4. The van der Waals surface area contributed by atoms with Crippen molar-refractivity contribution in [3.8, 4) is 0 Å². The second-order valence-corrected chi connectivity index (χ2v) is 4.80. The summed E-state index contributed by atoms with van der Waals surface area (Å²) in [6.07, 6.45) is 0.464. The summed E-state index contributed by atoms with van der Waals surface area (Å²) in [7, 11) is 0. The fourth-order valence-corrected chi connectivity index (χ4v) is 2.03. The van der Waals surface area contributed by atoms with Crippen molar-refractivity contribution in [1.82, 2.24) is 9.80 Å². The summed E-state index contributed by atoms with van der Waals surface area (Å²) < 4.78 is 26.2. The molecular formula is C14H13F2N3O4. The third kappa shape index (κ3) is 3.33. The molecule has 0 unspecified atom stereocenters. The molecule has 23 heavy (non-hydrogen) atoms. The number of amides is 5. The highest BCUT2D eigenvalue weighted by Crippen LogP contribution is 2.16. The summed E-state index contributed by atoms with van der Waals surface area (Å²) in [6.45, 7) is 1.05. The van der Waals surface area contributed by atoms with E-state index < -0.39 is 41.9 Å². The molecule has 7 nitrogen and oxygen atoms in total. The first-order valence-corrected chi connectivity index (χ1v) is 6.77. The lowest BCUT2D eigenvalue weighted by Gasteiger charge is -2.14. The fourth-order valence-electron chi connectivity index (χ4n) is 2.03. The van der Waals surface area contributed by atoms with E-state index in [1.165, 1.54) is 0 Å². The lowest BCUT2D eigenvalue weighted by molar-refractivity contribution is -0.143. The second kappa shape index (κ2) is 6.51. The van der Waals surface area contributed by atoms with Crippen molar-refractivity contribution in [3.05, 3.63) is 29.8 Å². The molecule has 1 saturated heterocycles. The van der Waals surface area contributed by atoms with Gasteiger partial charge in [0.15, 0.2) is 0 Å². The van der Waals surface area contributed by atoms with E-state index in [1.54, 1.807) is 6.92 Å². The summed E-state index contributed by atoms with van der Waals surface area (Å²) in [5.41, 5.74) is -0.299. The number of nitrogens with zero attached hydrogens (tertiary/aromatic N) is 2. The summed E-state index contributed by atoms with van der Waals surface area (Å²) in [5, 5.41) is 2.11. The van der Waals surface area contributed by atoms with Gasteiger partial charge >= 0.3 is 17.8 Å². The molecule has 9 heteroatoms. The molecule has 0 aromatic heterocycles. The zero-order chi connectivity index (χ0) is 17.1. The summed E-state index contributed by atoms with van der Waals surface area (Å²) in [4.78, 5) is 48.3. The Balaban J connectivity index is 2.06. The molecule has 1 fully saturated rings. The number of imide groups is 2. The van der Waals surface area contributed by atoms with Crippen LogP contribution in [0.5, 0.6) is 0 Å². The maximum Gasteiger partial charge on any atom is 0.334 e. The normalized spacial score (nSPS) is 14.7. The second-order valence-electron chi connectivity index (χ2n) is 4.80. The van der Waals surface area contributed by atoms with Gasteiger partial charge in [0.25, 0.3) is 0 Å². The number of hydrogen-bond acceptors (Lipinski definition) is 4. The Morgan fingerprint density at radius 2 is 1.78 bits per heavy atom. The number of hydrogen-bond donors (Lipinski definition) is 1. The first-order chi connectivity index (χ1) is 10.8. The van der Waals surface area contributed by atoms with E-state index in [1.807, 2.05) is 0 Å². The van der Waals surface area contributed by atoms with Crippen LogP contribution in [0.4, 0.5) is 19.3 Å². The summed E-state index contributed by atoms with van der Waals surface area (Å²) >= 11 is 0. The van der Waals surface area contributed by atoms with Gasteiger partial charge in [0.2, 0.25) is 5.91 Å². The average molecular weight is 325 g/mol. The monoisotopic (exact) mass is 325 g/mol. The van der Waals surface area contributed by atoms with E-state index in [-0.39, 0.29) is 12.2 Å². The largest absolute Gasteiger partial charge is 0.334 e. The maximum atomic E-state index is 13.4. The highest BCUT2D eigenvalue weighted by Gasteiger charge is 2.44. The number of rotatable bonds is 5. The Kier molecular flexibility index (Phi) is 4.68. The number of benzene rings is 1. The molecule has 1 N–H and O–H groups in total. The Labute approximate surface area is 129 Å². The van der Waals surface area contributed by atoms with Crippen molar-refractivity contribution in [2.75, 3.05) is 18.4 Å².